The van der Waals surface area contributed by atoms with Crippen LogP contribution >= 0.6 is 0 Å². The second-order valence-corrected chi connectivity index (χ2v) is 3.95. The molecule has 0 aliphatic carbocycles. The third-order valence-corrected chi connectivity index (χ3v) is 2.55. The predicted molar refractivity (Wildman–Crippen MR) is 57.9 cm³/mol. The van der Waals surface area contributed by atoms with Gasteiger partial charge in [0.1, 0.15) is 5.54 Å². The lowest BCUT2D eigenvalue weighted by atomic mass is 10.0. The first-order chi connectivity index (χ1) is 6.91. The summed E-state index contributed by atoms with van der Waals surface area (Å²) >= 11 is 0. The minimum absolute atomic E-state index is 0.601. The van der Waals surface area contributed by atoms with Crippen LogP contribution in [0.2, 0.25) is 0 Å². The van der Waals surface area contributed by atoms with Crippen molar-refractivity contribution in [1.82, 2.24) is 9.55 Å². The number of carboxylic acids is 1. The van der Waals surface area contributed by atoms with E-state index in [2.05, 4.69) is 4.98 Å². The molecule has 0 saturated carbocycles. The monoisotopic (exact) mass is 211 g/mol. The molecule has 0 aromatic carbocycles. The number of likely N-dealkylation sites (N-methyl/N-ethyl adjacent to an activating group) is 1. The highest BCUT2D eigenvalue weighted by Gasteiger charge is 2.35. The second kappa shape index (κ2) is 3.92. The van der Waals surface area contributed by atoms with Crippen molar-refractivity contribution >= 4 is 11.9 Å². The Morgan fingerprint density at radius 1 is 1.67 bits per heavy atom. The van der Waals surface area contributed by atoms with Crippen molar-refractivity contribution in [3.63, 3.8) is 0 Å². The molecule has 0 amide bonds. The Morgan fingerprint density at radius 3 is 2.60 bits per heavy atom. The number of anilines is 1. The minimum atomic E-state index is -0.951. The fraction of sp³-hybridized carbons (Fsp3) is 0.600. The van der Waals surface area contributed by atoms with Crippen LogP contribution in [0.5, 0.6) is 0 Å². The van der Waals surface area contributed by atoms with Crippen molar-refractivity contribution in [1.29, 1.82) is 0 Å². The van der Waals surface area contributed by atoms with Crippen molar-refractivity contribution < 1.29 is 9.90 Å². The van der Waals surface area contributed by atoms with Gasteiger partial charge < -0.3 is 14.6 Å². The van der Waals surface area contributed by atoms with E-state index >= 15 is 0 Å². The van der Waals surface area contributed by atoms with Crippen molar-refractivity contribution in [2.75, 3.05) is 11.4 Å². The summed E-state index contributed by atoms with van der Waals surface area (Å²) in [5.41, 5.74) is -0.951. The maximum Gasteiger partial charge on any atom is 0.329 e. The Hall–Kier alpha value is -1.52. The molecule has 1 heterocycles. The number of carboxylic acid groups (broad SMARTS) is 1. The normalized spacial score (nSPS) is 11.5. The van der Waals surface area contributed by atoms with E-state index < -0.39 is 11.5 Å². The summed E-state index contributed by atoms with van der Waals surface area (Å²) in [4.78, 5) is 17.1. The van der Waals surface area contributed by atoms with E-state index in [0.29, 0.717) is 12.5 Å². The average Bonchev–Trinajstić information content (AvgIpc) is 2.53. The van der Waals surface area contributed by atoms with Crippen LogP contribution in [0.25, 0.3) is 0 Å². The van der Waals surface area contributed by atoms with Crippen LogP contribution in [0.3, 0.4) is 0 Å². The molecule has 0 unspecified atom stereocenters. The molecular formula is C10H17N3O2. The first-order valence-electron chi connectivity index (χ1n) is 4.89. The molecule has 0 fully saturated rings. The number of aryl methyl sites for hydroxylation is 1. The van der Waals surface area contributed by atoms with E-state index in [-0.39, 0.29) is 0 Å². The van der Waals surface area contributed by atoms with Gasteiger partial charge in [0, 0.05) is 26.0 Å². The molecule has 0 saturated heterocycles. The number of hydrogen-bond donors (Lipinski definition) is 1. The number of hydrogen-bond acceptors (Lipinski definition) is 3. The zero-order valence-electron chi connectivity index (χ0n) is 9.56. The van der Waals surface area contributed by atoms with Gasteiger partial charge in [0.2, 0.25) is 5.95 Å². The lowest BCUT2D eigenvalue weighted by Gasteiger charge is -2.34. The van der Waals surface area contributed by atoms with E-state index in [0.717, 1.165) is 0 Å². The molecule has 1 aromatic heterocycles. The molecule has 5 nitrogen and oxygen atoms in total. The highest BCUT2D eigenvalue weighted by atomic mass is 16.4. The topological polar surface area (TPSA) is 58.4 Å². The largest absolute Gasteiger partial charge is 0.480 e. The lowest BCUT2D eigenvalue weighted by molar-refractivity contribution is -0.142. The van der Waals surface area contributed by atoms with Gasteiger partial charge in [-0.15, -0.1) is 0 Å². The molecule has 0 radical (unpaired) electrons. The van der Waals surface area contributed by atoms with Gasteiger partial charge in [-0.2, -0.15) is 0 Å². The van der Waals surface area contributed by atoms with Gasteiger partial charge in [-0.25, -0.2) is 9.78 Å². The second-order valence-electron chi connectivity index (χ2n) is 3.95. The fourth-order valence-electron chi connectivity index (χ4n) is 1.52. The molecule has 5 heteroatoms. The molecule has 1 N–H and O–H groups in total. The number of aromatic nitrogens is 2. The van der Waals surface area contributed by atoms with Crippen LogP contribution in [0.1, 0.15) is 20.8 Å². The molecule has 0 spiro atoms. The van der Waals surface area contributed by atoms with E-state index in [1.54, 1.807) is 31.1 Å². The van der Waals surface area contributed by atoms with E-state index in [1.807, 2.05) is 18.5 Å². The molecule has 1 rings (SSSR count). The van der Waals surface area contributed by atoms with E-state index in [1.165, 1.54) is 0 Å². The van der Waals surface area contributed by atoms with E-state index in [4.69, 9.17) is 5.11 Å². The average molecular weight is 211 g/mol. The Morgan fingerprint density at radius 2 is 2.27 bits per heavy atom. The number of aliphatic carboxylic acids is 1. The molecule has 0 aliphatic rings. The summed E-state index contributed by atoms with van der Waals surface area (Å²) in [5, 5.41) is 9.15. The van der Waals surface area contributed by atoms with Crippen molar-refractivity contribution in [3.05, 3.63) is 12.4 Å². The number of nitrogens with zero attached hydrogens (tertiary/aromatic N) is 3. The Balaban J connectivity index is 3.10. The molecule has 84 valence electrons. The summed E-state index contributed by atoms with van der Waals surface area (Å²) < 4.78 is 1.81. The maximum absolute atomic E-state index is 11.1. The predicted octanol–water partition coefficient (Wildman–Crippen LogP) is 1.11. The lowest BCUT2D eigenvalue weighted by Crippen LogP contribution is -2.51. The first-order valence-corrected chi connectivity index (χ1v) is 4.89. The van der Waals surface area contributed by atoms with Gasteiger partial charge in [0.25, 0.3) is 0 Å². The standard InChI is InChI=1S/C10H17N3O2/c1-5-13(10(2,3)8(14)15)9-11-6-7-12(9)4/h6-7H,5H2,1-4H3,(H,14,15). The zero-order valence-corrected chi connectivity index (χ0v) is 9.56. The van der Waals surface area contributed by atoms with Crippen molar-refractivity contribution in [2.24, 2.45) is 7.05 Å². The summed E-state index contributed by atoms with van der Waals surface area (Å²) in [5.74, 6) is -0.183. The first kappa shape index (κ1) is 11.6. The third kappa shape index (κ3) is 1.95. The highest BCUT2D eigenvalue weighted by molar-refractivity contribution is 5.81. The molecular weight excluding hydrogens is 194 g/mol. The van der Waals surface area contributed by atoms with Crippen LogP contribution in [-0.4, -0.2) is 32.7 Å². The number of rotatable bonds is 4. The number of carbonyl (C=O) groups is 1. The summed E-state index contributed by atoms with van der Waals surface area (Å²) in [7, 11) is 1.85. The quantitative estimate of drug-likeness (QED) is 0.810. The minimum Gasteiger partial charge on any atom is -0.480 e. The van der Waals surface area contributed by atoms with Crippen LogP contribution in [0.15, 0.2) is 12.4 Å². The van der Waals surface area contributed by atoms with Crippen molar-refractivity contribution in [3.8, 4) is 0 Å². The van der Waals surface area contributed by atoms with Gasteiger partial charge in [-0.1, -0.05) is 0 Å². The molecule has 0 bridgehead atoms. The molecule has 0 aliphatic heterocycles. The Labute approximate surface area is 89.3 Å². The smallest absolute Gasteiger partial charge is 0.329 e. The molecule has 15 heavy (non-hydrogen) atoms. The van der Waals surface area contributed by atoms with Gasteiger partial charge in [-0.05, 0) is 20.8 Å². The van der Waals surface area contributed by atoms with Crippen LogP contribution < -0.4 is 4.90 Å². The van der Waals surface area contributed by atoms with Crippen LogP contribution in [0.4, 0.5) is 5.95 Å². The highest BCUT2D eigenvalue weighted by Crippen LogP contribution is 2.21. The summed E-state index contributed by atoms with van der Waals surface area (Å²) in [6, 6.07) is 0. The summed E-state index contributed by atoms with van der Waals surface area (Å²) in [6.07, 6.45) is 3.46. The maximum atomic E-state index is 11.1. The Bertz CT molecular complexity index is 357. The van der Waals surface area contributed by atoms with Crippen molar-refractivity contribution in [2.45, 2.75) is 26.3 Å². The third-order valence-electron chi connectivity index (χ3n) is 2.55. The molecule has 0 atom stereocenters. The SMILES string of the molecule is CCN(c1nccn1C)C(C)(C)C(=O)O. The van der Waals surface area contributed by atoms with Gasteiger partial charge >= 0.3 is 5.97 Å². The zero-order chi connectivity index (χ0) is 11.6. The van der Waals surface area contributed by atoms with Gasteiger partial charge in [0.15, 0.2) is 0 Å². The van der Waals surface area contributed by atoms with Gasteiger partial charge in [0.05, 0.1) is 0 Å². The van der Waals surface area contributed by atoms with E-state index in [9.17, 15) is 4.79 Å². The van der Waals surface area contributed by atoms with Crippen LogP contribution in [-0.2, 0) is 11.8 Å². The summed E-state index contributed by atoms with van der Waals surface area (Å²) in [6.45, 7) is 5.87. The van der Waals surface area contributed by atoms with Crippen LogP contribution in [0, 0.1) is 0 Å². The Kier molecular flexibility index (Phi) is 3.02. The van der Waals surface area contributed by atoms with Gasteiger partial charge in [-0.3, -0.25) is 0 Å². The number of imidazole rings is 1. The fourth-order valence-corrected chi connectivity index (χ4v) is 1.52. The molecule has 1 aromatic rings.